The molecule has 0 unspecified atom stereocenters. The van der Waals surface area contributed by atoms with E-state index in [0.29, 0.717) is 38.6 Å². The molecule has 0 aromatic carbocycles. The standard InChI is InChI=1S/C15H17ClF3N3O2/c16-11-8-10(15(17,18)19)9-20-13(11)21-3-5-22(6-4-21)14(23)12-2-1-7-24-12/h8-9,12H,1-7H2/t12-/m0/s1. The van der Waals surface area contributed by atoms with Gasteiger partial charge in [-0.05, 0) is 18.9 Å². The van der Waals surface area contributed by atoms with E-state index in [9.17, 15) is 18.0 Å². The van der Waals surface area contributed by atoms with Crippen molar-refractivity contribution in [3.05, 3.63) is 22.8 Å². The molecule has 24 heavy (non-hydrogen) atoms. The maximum absolute atomic E-state index is 12.7. The summed E-state index contributed by atoms with van der Waals surface area (Å²) in [5.74, 6) is 0.299. The molecule has 0 spiro atoms. The minimum Gasteiger partial charge on any atom is -0.368 e. The lowest BCUT2D eigenvalue weighted by atomic mass is 10.2. The van der Waals surface area contributed by atoms with E-state index in [4.69, 9.17) is 16.3 Å². The molecule has 5 nitrogen and oxygen atoms in total. The van der Waals surface area contributed by atoms with E-state index in [-0.39, 0.29) is 17.0 Å². The molecule has 0 radical (unpaired) electrons. The van der Waals surface area contributed by atoms with Crippen LogP contribution in [0.1, 0.15) is 18.4 Å². The number of ether oxygens (including phenoxy) is 1. The molecule has 1 amide bonds. The Bertz CT molecular complexity index is 612. The number of pyridine rings is 1. The second-order valence-corrected chi connectivity index (χ2v) is 6.25. The molecule has 1 atom stereocenters. The fourth-order valence-corrected chi connectivity index (χ4v) is 3.22. The summed E-state index contributed by atoms with van der Waals surface area (Å²) in [6.45, 7) is 2.49. The number of nitrogens with zero attached hydrogens (tertiary/aromatic N) is 3. The van der Waals surface area contributed by atoms with Crippen molar-refractivity contribution in [1.82, 2.24) is 9.88 Å². The fraction of sp³-hybridized carbons (Fsp3) is 0.600. The molecule has 132 valence electrons. The molecule has 2 aliphatic heterocycles. The van der Waals surface area contributed by atoms with Gasteiger partial charge in [0, 0.05) is 39.0 Å². The number of carbonyl (C=O) groups is 1. The molecule has 2 fully saturated rings. The predicted molar refractivity (Wildman–Crippen MR) is 82.0 cm³/mol. The summed E-state index contributed by atoms with van der Waals surface area (Å²) in [6, 6.07) is 0.883. The number of halogens is 4. The number of hydrogen-bond donors (Lipinski definition) is 0. The Kier molecular flexibility index (Phi) is 4.87. The molecule has 1 aromatic rings. The van der Waals surface area contributed by atoms with Crippen molar-refractivity contribution < 1.29 is 22.7 Å². The maximum Gasteiger partial charge on any atom is 0.417 e. The van der Waals surface area contributed by atoms with Crippen molar-refractivity contribution >= 4 is 23.3 Å². The van der Waals surface area contributed by atoms with Gasteiger partial charge < -0.3 is 14.5 Å². The highest BCUT2D eigenvalue weighted by Gasteiger charge is 2.33. The van der Waals surface area contributed by atoms with Gasteiger partial charge in [0.2, 0.25) is 0 Å². The first-order valence-electron chi connectivity index (χ1n) is 7.74. The summed E-state index contributed by atoms with van der Waals surface area (Å²) >= 11 is 5.97. The lowest BCUT2D eigenvalue weighted by Gasteiger charge is -2.36. The first kappa shape index (κ1) is 17.3. The molecule has 0 N–H and O–H groups in total. The lowest BCUT2D eigenvalue weighted by molar-refractivity contribution is -0.141. The molecule has 0 aliphatic carbocycles. The van der Waals surface area contributed by atoms with Gasteiger partial charge >= 0.3 is 6.18 Å². The van der Waals surface area contributed by atoms with Crippen LogP contribution in [0, 0.1) is 0 Å². The Morgan fingerprint density at radius 3 is 2.54 bits per heavy atom. The van der Waals surface area contributed by atoms with Crippen LogP contribution in [0.5, 0.6) is 0 Å². The molecule has 0 bridgehead atoms. The van der Waals surface area contributed by atoms with Crippen molar-refractivity contribution in [1.29, 1.82) is 0 Å². The van der Waals surface area contributed by atoms with Crippen LogP contribution in [0.3, 0.4) is 0 Å². The summed E-state index contributed by atoms with van der Waals surface area (Å²) < 4.78 is 43.4. The van der Waals surface area contributed by atoms with E-state index >= 15 is 0 Å². The van der Waals surface area contributed by atoms with Gasteiger partial charge in [-0.3, -0.25) is 4.79 Å². The van der Waals surface area contributed by atoms with E-state index in [1.165, 1.54) is 0 Å². The molecular weight excluding hydrogens is 347 g/mol. The first-order valence-corrected chi connectivity index (χ1v) is 8.12. The first-order chi connectivity index (χ1) is 11.4. The van der Waals surface area contributed by atoms with Gasteiger partial charge in [-0.15, -0.1) is 0 Å². The molecule has 3 rings (SSSR count). The smallest absolute Gasteiger partial charge is 0.368 e. The number of aromatic nitrogens is 1. The highest BCUT2D eigenvalue weighted by molar-refractivity contribution is 6.33. The summed E-state index contributed by atoms with van der Waals surface area (Å²) in [5.41, 5.74) is -0.872. The normalized spacial score (nSPS) is 22.1. The van der Waals surface area contributed by atoms with Gasteiger partial charge in [-0.25, -0.2) is 4.98 Å². The van der Waals surface area contributed by atoms with Crippen LogP contribution in [0.15, 0.2) is 12.3 Å². The molecule has 1 aromatic heterocycles. The highest BCUT2D eigenvalue weighted by Crippen LogP contribution is 2.33. The van der Waals surface area contributed by atoms with Crippen LogP contribution < -0.4 is 4.90 Å². The number of amides is 1. The molecule has 9 heteroatoms. The number of anilines is 1. The molecule has 2 aliphatic rings. The van der Waals surface area contributed by atoms with Crippen molar-refractivity contribution in [3.63, 3.8) is 0 Å². The minimum absolute atomic E-state index is 0.0152. The summed E-state index contributed by atoms with van der Waals surface area (Å²) in [5, 5.41) is -0.0382. The largest absolute Gasteiger partial charge is 0.417 e. The highest BCUT2D eigenvalue weighted by atomic mass is 35.5. The average Bonchev–Trinajstić information content (AvgIpc) is 3.08. The summed E-state index contributed by atoms with van der Waals surface area (Å²) in [4.78, 5) is 19.7. The van der Waals surface area contributed by atoms with E-state index in [1.54, 1.807) is 9.80 Å². The van der Waals surface area contributed by atoms with E-state index in [1.807, 2.05) is 0 Å². The van der Waals surface area contributed by atoms with Crippen molar-refractivity contribution in [3.8, 4) is 0 Å². The molecule has 0 saturated carbocycles. The number of hydrogen-bond acceptors (Lipinski definition) is 4. The predicted octanol–water partition coefficient (Wildman–Crippen LogP) is 2.58. The maximum atomic E-state index is 12.7. The van der Waals surface area contributed by atoms with Gasteiger partial charge in [0.1, 0.15) is 11.9 Å². The van der Waals surface area contributed by atoms with Crippen molar-refractivity contribution in [2.24, 2.45) is 0 Å². The number of rotatable bonds is 2. The molecule has 2 saturated heterocycles. The lowest BCUT2D eigenvalue weighted by Crippen LogP contribution is -2.51. The minimum atomic E-state index is -4.47. The van der Waals surface area contributed by atoms with Gasteiger partial charge in [0.05, 0.1) is 10.6 Å². The third-order valence-electron chi connectivity index (χ3n) is 4.25. The van der Waals surface area contributed by atoms with Crippen LogP contribution in [0.25, 0.3) is 0 Å². The zero-order valence-corrected chi connectivity index (χ0v) is 13.6. The molecule has 3 heterocycles. The quantitative estimate of drug-likeness (QED) is 0.810. The fourth-order valence-electron chi connectivity index (χ4n) is 2.93. The Hall–Kier alpha value is -1.54. The third-order valence-corrected chi connectivity index (χ3v) is 4.52. The zero-order chi connectivity index (χ0) is 17.3. The Morgan fingerprint density at radius 2 is 2.00 bits per heavy atom. The van der Waals surface area contributed by atoms with Gasteiger partial charge in [-0.1, -0.05) is 11.6 Å². The summed E-state index contributed by atoms with van der Waals surface area (Å²) in [7, 11) is 0. The molecular formula is C15H17ClF3N3O2. The van der Waals surface area contributed by atoms with Gasteiger partial charge in [-0.2, -0.15) is 13.2 Å². The van der Waals surface area contributed by atoms with E-state index in [0.717, 1.165) is 25.1 Å². The SMILES string of the molecule is O=C([C@@H]1CCCO1)N1CCN(c2ncc(C(F)(F)F)cc2Cl)CC1. The second-order valence-electron chi connectivity index (χ2n) is 5.84. The second kappa shape index (κ2) is 6.76. The van der Waals surface area contributed by atoms with Crippen LogP contribution in [-0.2, 0) is 15.7 Å². The van der Waals surface area contributed by atoms with Crippen LogP contribution in [0.2, 0.25) is 5.02 Å². The summed E-state index contributed by atoms with van der Waals surface area (Å²) in [6.07, 6.45) is -2.41. The monoisotopic (exact) mass is 363 g/mol. The van der Waals surface area contributed by atoms with Crippen molar-refractivity contribution in [2.75, 3.05) is 37.7 Å². The van der Waals surface area contributed by atoms with Crippen LogP contribution in [-0.4, -0.2) is 54.7 Å². The van der Waals surface area contributed by atoms with Crippen LogP contribution >= 0.6 is 11.6 Å². The topological polar surface area (TPSA) is 45.7 Å². The Balaban J connectivity index is 1.63. The Labute approximate surface area is 142 Å². The van der Waals surface area contributed by atoms with Crippen LogP contribution in [0.4, 0.5) is 19.0 Å². The Morgan fingerprint density at radius 1 is 1.29 bits per heavy atom. The zero-order valence-electron chi connectivity index (χ0n) is 12.9. The number of piperazine rings is 1. The van der Waals surface area contributed by atoms with Gasteiger partial charge in [0.25, 0.3) is 5.91 Å². The van der Waals surface area contributed by atoms with E-state index < -0.39 is 11.7 Å². The third kappa shape index (κ3) is 3.59. The number of alkyl halides is 3. The van der Waals surface area contributed by atoms with E-state index in [2.05, 4.69) is 4.98 Å². The number of carbonyl (C=O) groups excluding carboxylic acids is 1. The van der Waals surface area contributed by atoms with Gasteiger partial charge in [0.15, 0.2) is 0 Å². The average molecular weight is 364 g/mol. The van der Waals surface area contributed by atoms with Crippen molar-refractivity contribution in [2.45, 2.75) is 25.1 Å².